The second-order valence-corrected chi connectivity index (χ2v) is 6.01. The molecule has 2 aromatic heterocycles. The third-order valence-electron chi connectivity index (χ3n) is 3.51. The van der Waals surface area contributed by atoms with Gasteiger partial charge in [0.15, 0.2) is 0 Å². The molecule has 3 nitrogen and oxygen atoms in total. The summed E-state index contributed by atoms with van der Waals surface area (Å²) < 4.78 is 0. The molecule has 0 radical (unpaired) electrons. The Morgan fingerprint density at radius 2 is 2.32 bits per heavy atom. The van der Waals surface area contributed by atoms with Crippen molar-refractivity contribution in [2.45, 2.75) is 38.4 Å². The van der Waals surface area contributed by atoms with E-state index in [-0.39, 0.29) is 6.04 Å². The first-order chi connectivity index (χ1) is 9.24. The van der Waals surface area contributed by atoms with Crippen molar-refractivity contribution in [2.75, 3.05) is 4.90 Å². The van der Waals surface area contributed by atoms with Crippen molar-refractivity contribution < 1.29 is 0 Å². The standard InChI is InChI=1S/C15H19N3S/c1-11(16)13-4-6-17-15(8-13)18(14-2-3-14)9-12-5-7-19-10-12/h4-8,10-11,14H,2-3,9,16H2,1H3. The summed E-state index contributed by atoms with van der Waals surface area (Å²) in [6.45, 7) is 2.96. The lowest BCUT2D eigenvalue weighted by Gasteiger charge is -2.24. The Kier molecular flexibility index (Phi) is 3.53. The summed E-state index contributed by atoms with van der Waals surface area (Å²) in [7, 11) is 0. The van der Waals surface area contributed by atoms with E-state index in [0.717, 1.165) is 17.9 Å². The molecule has 1 aliphatic rings. The summed E-state index contributed by atoms with van der Waals surface area (Å²) >= 11 is 1.75. The number of hydrogen-bond donors (Lipinski definition) is 1. The topological polar surface area (TPSA) is 42.1 Å². The summed E-state index contributed by atoms with van der Waals surface area (Å²) in [6, 6.07) is 7.04. The molecule has 1 atom stereocenters. The quantitative estimate of drug-likeness (QED) is 0.908. The highest BCUT2D eigenvalue weighted by atomic mass is 32.1. The number of aromatic nitrogens is 1. The molecule has 0 bridgehead atoms. The molecule has 0 saturated heterocycles. The molecule has 2 N–H and O–H groups in total. The molecule has 3 rings (SSSR count). The predicted molar refractivity (Wildman–Crippen MR) is 80.4 cm³/mol. The zero-order valence-electron chi connectivity index (χ0n) is 11.1. The average molecular weight is 273 g/mol. The molecule has 0 amide bonds. The summed E-state index contributed by atoms with van der Waals surface area (Å²) in [5.41, 5.74) is 8.49. The van der Waals surface area contributed by atoms with Gasteiger partial charge in [0.2, 0.25) is 0 Å². The van der Waals surface area contributed by atoms with Crippen LogP contribution in [0.5, 0.6) is 0 Å². The Morgan fingerprint density at radius 1 is 1.47 bits per heavy atom. The molecule has 0 aromatic carbocycles. The van der Waals surface area contributed by atoms with Crippen LogP contribution in [0.1, 0.15) is 36.9 Å². The van der Waals surface area contributed by atoms with E-state index in [2.05, 4.69) is 32.8 Å². The lowest BCUT2D eigenvalue weighted by atomic mass is 10.1. The van der Waals surface area contributed by atoms with Gasteiger partial charge in [-0.3, -0.25) is 0 Å². The van der Waals surface area contributed by atoms with E-state index in [9.17, 15) is 0 Å². The van der Waals surface area contributed by atoms with Crippen molar-refractivity contribution in [1.82, 2.24) is 4.98 Å². The van der Waals surface area contributed by atoms with E-state index >= 15 is 0 Å². The number of hydrogen-bond acceptors (Lipinski definition) is 4. The average Bonchev–Trinajstić information content (AvgIpc) is 3.13. The molecule has 1 saturated carbocycles. The van der Waals surface area contributed by atoms with Crippen molar-refractivity contribution in [3.63, 3.8) is 0 Å². The fourth-order valence-electron chi connectivity index (χ4n) is 2.24. The van der Waals surface area contributed by atoms with E-state index in [0.29, 0.717) is 6.04 Å². The summed E-state index contributed by atoms with van der Waals surface area (Å²) in [5.74, 6) is 1.06. The van der Waals surface area contributed by atoms with E-state index in [1.807, 2.05) is 19.2 Å². The lowest BCUT2D eigenvalue weighted by molar-refractivity contribution is 0.768. The number of nitrogens with zero attached hydrogens (tertiary/aromatic N) is 2. The molecule has 1 unspecified atom stereocenters. The Bertz CT molecular complexity index is 532. The Balaban J connectivity index is 1.85. The highest BCUT2D eigenvalue weighted by Gasteiger charge is 2.30. The zero-order chi connectivity index (χ0) is 13.2. The van der Waals surface area contributed by atoms with Crippen LogP contribution in [0.15, 0.2) is 35.2 Å². The summed E-state index contributed by atoms with van der Waals surface area (Å²) in [5, 5.41) is 4.34. The lowest BCUT2D eigenvalue weighted by Crippen LogP contribution is -2.26. The van der Waals surface area contributed by atoms with Gasteiger partial charge in [-0.25, -0.2) is 4.98 Å². The van der Waals surface area contributed by atoms with Gasteiger partial charge >= 0.3 is 0 Å². The number of thiophene rings is 1. The molecule has 2 heterocycles. The van der Waals surface area contributed by atoms with Gasteiger partial charge in [0.25, 0.3) is 0 Å². The van der Waals surface area contributed by atoms with Crippen LogP contribution in [0.4, 0.5) is 5.82 Å². The monoisotopic (exact) mass is 273 g/mol. The highest BCUT2D eigenvalue weighted by Crippen LogP contribution is 2.33. The molecule has 19 heavy (non-hydrogen) atoms. The van der Waals surface area contributed by atoms with Gasteiger partial charge < -0.3 is 10.6 Å². The minimum absolute atomic E-state index is 0.0592. The smallest absolute Gasteiger partial charge is 0.129 e. The van der Waals surface area contributed by atoms with Gasteiger partial charge in [-0.15, -0.1) is 0 Å². The largest absolute Gasteiger partial charge is 0.349 e. The van der Waals surface area contributed by atoms with Crippen molar-refractivity contribution in [3.05, 3.63) is 46.3 Å². The van der Waals surface area contributed by atoms with E-state index in [4.69, 9.17) is 5.73 Å². The summed E-state index contributed by atoms with van der Waals surface area (Å²) in [6.07, 6.45) is 4.42. The van der Waals surface area contributed by atoms with Crippen LogP contribution in [0.2, 0.25) is 0 Å². The normalized spacial score (nSPS) is 16.3. The molecule has 0 aliphatic heterocycles. The molecule has 4 heteroatoms. The molecule has 1 aliphatic carbocycles. The second-order valence-electron chi connectivity index (χ2n) is 5.23. The van der Waals surface area contributed by atoms with Gasteiger partial charge in [0, 0.05) is 24.8 Å². The minimum atomic E-state index is 0.0592. The van der Waals surface area contributed by atoms with Crippen LogP contribution >= 0.6 is 11.3 Å². The van der Waals surface area contributed by atoms with Gasteiger partial charge in [0.1, 0.15) is 5.82 Å². The van der Waals surface area contributed by atoms with Gasteiger partial charge in [-0.2, -0.15) is 11.3 Å². The number of pyridine rings is 1. The first kappa shape index (κ1) is 12.6. The third kappa shape index (κ3) is 2.96. The second kappa shape index (κ2) is 5.31. The molecular formula is C15H19N3S. The molecular weight excluding hydrogens is 254 g/mol. The van der Waals surface area contributed by atoms with Crippen LogP contribution in [0, 0.1) is 0 Å². The van der Waals surface area contributed by atoms with Crippen LogP contribution < -0.4 is 10.6 Å². The van der Waals surface area contributed by atoms with Crippen LogP contribution in [0.25, 0.3) is 0 Å². The Hall–Kier alpha value is -1.39. The van der Waals surface area contributed by atoms with Gasteiger partial charge in [-0.05, 0) is 59.9 Å². The highest BCUT2D eigenvalue weighted by molar-refractivity contribution is 7.07. The van der Waals surface area contributed by atoms with Crippen LogP contribution in [0.3, 0.4) is 0 Å². The van der Waals surface area contributed by atoms with Crippen molar-refractivity contribution >= 4 is 17.2 Å². The fraction of sp³-hybridized carbons (Fsp3) is 0.400. The zero-order valence-corrected chi connectivity index (χ0v) is 11.9. The first-order valence-electron chi connectivity index (χ1n) is 6.73. The maximum Gasteiger partial charge on any atom is 0.129 e. The van der Waals surface area contributed by atoms with Gasteiger partial charge in [-0.1, -0.05) is 0 Å². The Morgan fingerprint density at radius 3 is 2.95 bits per heavy atom. The van der Waals surface area contributed by atoms with E-state index in [1.165, 1.54) is 18.4 Å². The SMILES string of the molecule is CC(N)c1ccnc(N(Cc2ccsc2)C2CC2)c1. The number of anilines is 1. The predicted octanol–water partition coefficient (Wildman–Crippen LogP) is 3.33. The minimum Gasteiger partial charge on any atom is -0.349 e. The fourth-order valence-corrected chi connectivity index (χ4v) is 2.90. The van der Waals surface area contributed by atoms with E-state index in [1.54, 1.807) is 11.3 Å². The van der Waals surface area contributed by atoms with Crippen molar-refractivity contribution in [3.8, 4) is 0 Å². The maximum atomic E-state index is 5.97. The first-order valence-corrected chi connectivity index (χ1v) is 7.67. The maximum absolute atomic E-state index is 5.97. The number of rotatable bonds is 5. The Labute approximate surface area is 118 Å². The third-order valence-corrected chi connectivity index (χ3v) is 4.24. The van der Waals surface area contributed by atoms with Crippen LogP contribution in [-0.4, -0.2) is 11.0 Å². The molecule has 100 valence electrons. The molecule has 2 aromatic rings. The molecule has 1 fully saturated rings. The number of nitrogens with two attached hydrogens (primary N) is 1. The summed E-state index contributed by atoms with van der Waals surface area (Å²) in [4.78, 5) is 6.95. The van der Waals surface area contributed by atoms with Gasteiger partial charge in [0.05, 0.1) is 0 Å². The van der Waals surface area contributed by atoms with Crippen molar-refractivity contribution in [2.24, 2.45) is 5.73 Å². The van der Waals surface area contributed by atoms with E-state index < -0.39 is 0 Å². The molecule has 0 spiro atoms. The van der Waals surface area contributed by atoms with Crippen LogP contribution in [-0.2, 0) is 6.54 Å². The van der Waals surface area contributed by atoms with Crippen molar-refractivity contribution in [1.29, 1.82) is 0 Å².